The number of aliphatic imine (C=N–C) groups is 1. The summed E-state index contributed by atoms with van der Waals surface area (Å²) in [6.45, 7) is 3.84. The Kier molecular flexibility index (Phi) is 10.1. The number of hydrogen-bond donors (Lipinski definition) is 2. The summed E-state index contributed by atoms with van der Waals surface area (Å²) in [7, 11) is 1.63. The average molecular weight is 509 g/mol. The summed E-state index contributed by atoms with van der Waals surface area (Å²) >= 11 is 0. The smallest absolute Gasteiger partial charge is 0.387 e. The lowest BCUT2D eigenvalue weighted by atomic mass is 10.1. The minimum Gasteiger partial charge on any atom is -0.434 e. The number of benzene rings is 1. The van der Waals surface area contributed by atoms with Crippen LogP contribution in [0.1, 0.15) is 42.6 Å². The van der Waals surface area contributed by atoms with Gasteiger partial charge in [0, 0.05) is 38.0 Å². The van der Waals surface area contributed by atoms with Crippen LogP contribution in [0.15, 0.2) is 27.7 Å². The Morgan fingerprint density at radius 1 is 1.29 bits per heavy atom. The molecule has 0 aliphatic rings. The van der Waals surface area contributed by atoms with Crippen molar-refractivity contribution in [2.75, 3.05) is 13.6 Å². The predicted octanol–water partition coefficient (Wildman–Crippen LogP) is 3.63. The number of ether oxygens (including phenoxy) is 1. The first-order valence-electron chi connectivity index (χ1n) is 8.70. The first kappa shape index (κ1) is 24.1. The monoisotopic (exact) mass is 509 g/mol. The zero-order chi connectivity index (χ0) is 19.8. The molecule has 1 aromatic heterocycles. The lowest BCUT2D eigenvalue weighted by molar-refractivity contribution is -0.0504. The van der Waals surface area contributed by atoms with Crippen LogP contribution in [-0.4, -0.2) is 36.3 Å². The third-order valence-electron chi connectivity index (χ3n) is 3.73. The molecule has 2 N–H and O–H groups in total. The fraction of sp³-hybridized carbons (Fsp3) is 0.500. The number of halogens is 3. The maximum Gasteiger partial charge on any atom is 0.387 e. The van der Waals surface area contributed by atoms with Crippen molar-refractivity contribution in [3.8, 4) is 5.75 Å². The van der Waals surface area contributed by atoms with E-state index in [-0.39, 0.29) is 35.6 Å². The first-order chi connectivity index (χ1) is 12.9. The largest absolute Gasteiger partial charge is 0.434 e. The van der Waals surface area contributed by atoms with E-state index in [9.17, 15) is 8.78 Å². The predicted molar refractivity (Wildman–Crippen MR) is 114 cm³/mol. The van der Waals surface area contributed by atoms with Crippen molar-refractivity contribution in [2.24, 2.45) is 4.99 Å². The Bertz CT molecular complexity index is 768. The summed E-state index contributed by atoms with van der Waals surface area (Å²) in [6.07, 6.45) is 0.546. The summed E-state index contributed by atoms with van der Waals surface area (Å²) in [4.78, 5) is 8.43. The van der Waals surface area contributed by atoms with Crippen LogP contribution in [0.5, 0.6) is 5.75 Å². The van der Waals surface area contributed by atoms with Crippen LogP contribution in [0.25, 0.3) is 0 Å². The summed E-state index contributed by atoms with van der Waals surface area (Å²) in [5.41, 5.74) is 1.57. The van der Waals surface area contributed by atoms with E-state index in [0.717, 1.165) is 5.56 Å². The van der Waals surface area contributed by atoms with Crippen LogP contribution in [0, 0.1) is 6.92 Å². The molecule has 2 aromatic rings. The minimum absolute atomic E-state index is 0. The highest BCUT2D eigenvalue weighted by Crippen LogP contribution is 2.21. The molecular formula is C18H26F2IN5O2. The van der Waals surface area contributed by atoms with E-state index in [1.165, 1.54) is 6.07 Å². The molecule has 0 aliphatic heterocycles. The average Bonchev–Trinajstić information content (AvgIpc) is 3.09. The van der Waals surface area contributed by atoms with Crippen LogP contribution in [0.3, 0.4) is 0 Å². The lowest BCUT2D eigenvalue weighted by Crippen LogP contribution is -2.38. The number of guanidine groups is 1. The molecule has 1 heterocycles. The van der Waals surface area contributed by atoms with Crippen molar-refractivity contribution < 1.29 is 18.0 Å². The number of rotatable bonds is 8. The van der Waals surface area contributed by atoms with Gasteiger partial charge in [-0.05, 0) is 13.0 Å². The number of nitrogens with zero attached hydrogens (tertiary/aromatic N) is 3. The number of aryl methyl sites for hydroxylation is 1. The van der Waals surface area contributed by atoms with Crippen LogP contribution >= 0.6 is 24.0 Å². The first-order valence-corrected chi connectivity index (χ1v) is 8.70. The van der Waals surface area contributed by atoms with Crippen molar-refractivity contribution in [2.45, 2.75) is 46.3 Å². The second kappa shape index (κ2) is 11.8. The lowest BCUT2D eigenvalue weighted by Gasteiger charge is -2.15. The Morgan fingerprint density at radius 3 is 2.64 bits per heavy atom. The Balaban J connectivity index is 0.00000392. The highest BCUT2D eigenvalue weighted by Gasteiger charge is 2.11. The van der Waals surface area contributed by atoms with E-state index in [0.29, 0.717) is 42.7 Å². The quantitative estimate of drug-likeness (QED) is 0.321. The molecule has 0 fully saturated rings. The Labute approximate surface area is 180 Å². The number of hydrogen-bond acceptors (Lipinski definition) is 5. The van der Waals surface area contributed by atoms with Gasteiger partial charge in [-0.3, -0.25) is 4.99 Å². The Morgan fingerprint density at radius 2 is 2.04 bits per heavy atom. The SMILES string of the molecule is CN=C(NCCc1nc(C(C)C)no1)NCc1cc(C)ccc1OC(F)F.I. The van der Waals surface area contributed by atoms with E-state index in [2.05, 4.69) is 30.5 Å². The number of aromatic nitrogens is 2. The van der Waals surface area contributed by atoms with Crippen molar-refractivity contribution in [1.82, 2.24) is 20.8 Å². The van der Waals surface area contributed by atoms with Crippen molar-refractivity contribution in [1.29, 1.82) is 0 Å². The van der Waals surface area contributed by atoms with Crippen LogP contribution in [0.2, 0.25) is 0 Å². The molecule has 0 saturated heterocycles. The van der Waals surface area contributed by atoms with E-state index in [1.807, 2.05) is 20.8 Å². The summed E-state index contributed by atoms with van der Waals surface area (Å²) in [5.74, 6) is 2.11. The molecule has 10 heteroatoms. The van der Waals surface area contributed by atoms with Gasteiger partial charge in [0.05, 0.1) is 0 Å². The molecule has 0 bridgehead atoms. The Hall–Kier alpha value is -1.98. The maximum absolute atomic E-state index is 12.5. The standard InChI is InChI=1S/C18H25F2N5O2.HI/c1-11(2)16-24-15(27-25-16)7-8-22-18(21-4)23-10-13-9-12(3)5-6-14(13)26-17(19)20;/h5-6,9,11,17H,7-8,10H2,1-4H3,(H2,21,22,23);1H. The molecule has 2 rings (SSSR count). The molecule has 0 spiro atoms. The van der Waals surface area contributed by atoms with Gasteiger partial charge in [-0.1, -0.05) is 36.7 Å². The second-order valence-electron chi connectivity index (χ2n) is 6.29. The third-order valence-corrected chi connectivity index (χ3v) is 3.73. The zero-order valence-corrected chi connectivity index (χ0v) is 18.7. The highest BCUT2D eigenvalue weighted by atomic mass is 127. The van der Waals surface area contributed by atoms with Gasteiger partial charge in [-0.15, -0.1) is 24.0 Å². The summed E-state index contributed by atoms with van der Waals surface area (Å²) < 4.78 is 34.8. The van der Waals surface area contributed by atoms with Crippen molar-refractivity contribution in [3.63, 3.8) is 0 Å². The van der Waals surface area contributed by atoms with Gasteiger partial charge < -0.3 is 19.9 Å². The van der Waals surface area contributed by atoms with Gasteiger partial charge in [0.15, 0.2) is 11.8 Å². The van der Waals surface area contributed by atoms with Gasteiger partial charge in [-0.2, -0.15) is 13.8 Å². The molecule has 156 valence electrons. The molecule has 0 saturated carbocycles. The fourth-order valence-electron chi connectivity index (χ4n) is 2.35. The molecule has 28 heavy (non-hydrogen) atoms. The van der Waals surface area contributed by atoms with Crippen LogP contribution in [-0.2, 0) is 13.0 Å². The third kappa shape index (κ3) is 7.56. The summed E-state index contributed by atoms with van der Waals surface area (Å²) in [6, 6.07) is 5.06. The normalized spacial score (nSPS) is 11.5. The topological polar surface area (TPSA) is 84.6 Å². The number of alkyl halides is 2. The number of nitrogens with one attached hydrogen (secondary N) is 2. The van der Waals surface area contributed by atoms with Gasteiger partial charge in [0.1, 0.15) is 5.75 Å². The molecule has 0 atom stereocenters. The minimum atomic E-state index is -2.87. The molecule has 0 radical (unpaired) electrons. The highest BCUT2D eigenvalue weighted by molar-refractivity contribution is 14.0. The fourth-order valence-corrected chi connectivity index (χ4v) is 2.35. The molecule has 0 unspecified atom stereocenters. The van der Waals surface area contributed by atoms with E-state index < -0.39 is 6.61 Å². The van der Waals surface area contributed by atoms with Gasteiger partial charge in [0.2, 0.25) is 5.89 Å². The summed E-state index contributed by atoms with van der Waals surface area (Å²) in [5, 5.41) is 10.1. The zero-order valence-electron chi connectivity index (χ0n) is 16.3. The second-order valence-corrected chi connectivity index (χ2v) is 6.29. The van der Waals surface area contributed by atoms with Crippen LogP contribution < -0.4 is 15.4 Å². The van der Waals surface area contributed by atoms with Crippen molar-refractivity contribution >= 4 is 29.9 Å². The van der Waals surface area contributed by atoms with E-state index >= 15 is 0 Å². The molecule has 0 aliphatic carbocycles. The molecule has 0 amide bonds. The van der Waals surface area contributed by atoms with Gasteiger partial charge in [0.25, 0.3) is 0 Å². The van der Waals surface area contributed by atoms with Gasteiger partial charge in [-0.25, -0.2) is 0 Å². The van der Waals surface area contributed by atoms with E-state index in [4.69, 9.17) is 4.52 Å². The molecule has 1 aromatic carbocycles. The van der Waals surface area contributed by atoms with E-state index in [1.54, 1.807) is 19.2 Å². The maximum atomic E-state index is 12.5. The van der Waals surface area contributed by atoms with Gasteiger partial charge >= 0.3 is 6.61 Å². The van der Waals surface area contributed by atoms with Crippen LogP contribution in [0.4, 0.5) is 8.78 Å². The molecular weight excluding hydrogens is 483 g/mol. The molecule has 7 nitrogen and oxygen atoms in total. The van der Waals surface area contributed by atoms with Crippen molar-refractivity contribution in [3.05, 3.63) is 41.0 Å².